The summed E-state index contributed by atoms with van der Waals surface area (Å²) < 4.78 is 62.4. The van der Waals surface area contributed by atoms with Gasteiger partial charge in [0, 0.05) is 0 Å². The Morgan fingerprint density at radius 3 is 2.31 bits per heavy atom. The number of ether oxygens (including phenoxy) is 2. The Bertz CT molecular complexity index is 915. The molecule has 0 aliphatic heterocycles. The van der Waals surface area contributed by atoms with Gasteiger partial charge in [0.1, 0.15) is 23.7 Å². The fourth-order valence-corrected chi connectivity index (χ4v) is 2.75. The van der Waals surface area contributed by atoms with Gasteiger partial charge in [-0.05, 0) is 37.3 Å². The van der Waals surface area contributed by atoms with E-state index in [1.807, 2.05) is 0 Å². The van der Waals surface area contributed by atoms with Crippen LogP contribution in [0.5, 0.6) is 0 Å². The molecule has 0 N–H and O–H groups in total. The number of alkyl halides is 2. The average Bonchev–Trinajstić information content (AvgIpc) is 2.99. The molecule has 26 heavy (non-hydrogen) atoms. The minimum Gasteiger partial charge on any atom is -0.465 e. The van der Waals surface area contributed by atoms with Crippen molar-refractivity contribution in [3.05, 3.63) is 53.0 Å². The first-order valence-electron chi connectivity index (χ1n) is 7.13. The van der Waals surface area contributed by atoms with Crippen LogP contribution in [0.1, 0.15) is 32.2 Å². The zero-order chi connectivity index (χ0) is 19.5. The van der Waals surface area contributed by atoms with E-state index in [-0.39, 0.29) is 23.5 Å². The first kappa shape index (κ1) is 19.6. The minimum absolute atomic E-state index is 0.0327. The SMILES string of the molecule is COC(=O)c1cc(COC(=O)c2ccc(S(=O)(=O)C(F)F)cc2)oc1C. The number of benzene rings is 1. The van der Waals surface area contributed by atoms with Gasteiger partial charge in [-0.1, -0.05) is 0 Å². The summed E-state index contributed by atoms with van der Waals surface area (Å²) in [5, 5.41) is 0. The van der Waals surface area contributed by atoms with Gasteiger partial charge in [-0.3, -0.25) is 0 Å². The largest absolute Gasteiger partial charge is 0.465 e. The normalized spacial score (nSPS) is 11.4. The lowest BCUT2D eigenvalue weighted by Crippen LogP contribution is -2.12. The van der Waals surface area contributed by atoms with E-state index < -0.39 is 32.4 Å². The second kappa shape index (κ2) is 7.65. The summed E-state index contributed by atoms with van der Waals surface area (Å²) in [6.45, 7) is 1.26. The van der Waals surface area contributed by atoms with Crippen molar-refractivity contribution in [1.29, 1.82) is 0 Å². The Kier molecular flexibility index (Phi) is 5.76. The van der Waals surface area contributed by atoms with Gasteiger partial charge in [0.2, 0.25) is 9.84 Å². The fourth-order valence-electron chi connectivity index (χ4n) is 2.03. The van der Waals surface area contributed by atoms with E-state index in [9.17, 15) is 26.8 Å². The zero-order valence-electron chi connectivity index (χ0n) is 13.7. The number of furan rings is 1. The molecule has 2 aromatic rings. The third-order valence-corrected chi connectivity index (χ3v) is 4.77. The van der Waals surface area contributed by atoms with Crippen LogP contribution < -0.4 is 0 Å². The third-order valence-electron chi connectivity index (χ3n) is 3.37. The standard InChI is InChI=1S/C16H14F2O7S/c1-9-13(15(20)23-2)7-11(25-9)8-24-14(19)10-3-5-12(6-4-10)26(21,22)16(17)18/h3-7,16H,8H2,1-2H3. The van der Waals surface area contributed by atoms with E-state index in [2.05, 4.69) is 4.74 Å². The number of esters is 2. The molecule has 0 aliphatic carbocycles. The quantitative estimate of drug-likeness (QED) is 0.702. The van der Waals surface area contributed by atoms with E-state index in [4.69, 9.17) is 9.15 Å². The van der Waals surface area contributed by atoms with Gasteiger partial charge >= 0.3 is 17.7 Å². The lowest BCUT2D eigenvalue weighted by atomic mass is 10.2. The van der Waals surface area contributed by atoms with Gasteiger partial charge in [-0.15, -0.1) is 0 Å². The molecule has 10 heteroatoms. The number of rotatable bonds is 6. The molecule has 0 spiro atoms. The first-order chi connectivity index (χ1) is 12.2. The van der Waals surface area contributed by atoms with Crippen LogP contribution >= 0.6 is 0 Å². The predicted molar refractivity (Wildman–Crippen MR) is 83.5 cm³/mol. The summed E-state index contributed by atoms with van der Waals surface area (Å²) in [7, 11) is -3.52. The molecule has 7 nitrogen and oxygen atoms in total. The minimum atomic E-state index is -4.73. The molecule has 0 radical (unpaired) electrons. The van der Waals surface area contributed by atoms with Crippen LogP contribution in [0.3, 0.4) is 0 Å². The van der Waals surface area contributed by atoms with Crippen LogP contribution in [0.25, 0.3) is 0 Å². The maximum atomic E-state index is 12.5. The molecule has 0 unspecified atom stereocenters. The fraction of sp³-hybridized carbons (Fsp3) is 0.250. The lowest BCUT2D eigenvalue weighted by molar-refractivity contribution is 0.0443. The number of hydrogen-bond donors (Lipinski definition) is 0. The van der Waals surface area contributed by atoms with E-state index in [0.29, 0.717) is 5.76 Å². The highest BCUT2D eigenvalue weighted by molar-refractivity contribution is 7.91. The zero-order valence-corrected chi connectivity index (χ0v) is 14.5. The van der Waals surface area contributed by atoms with Crippen molar-refractivity contribution in [2.75, 3.05) is 7.11 Å². The summed E-state index contributed by atoms with van der Waals surface area (Å²) >= 11 is 0. The molecule has 0 saturated heterocycles. The maximum absolute atomic E-state index is 12.5. The van der Waals surface area contributed by atoms with Crippen LogP contribution in [0, 0.1) is 6.92 Å². The van der Waals surface area contributed by atoms with Crippen LogP contribution in [-0.2, 0) is 25.9 Å². The van der Waals surface area contributed by atoms with Crippen molar-refractivity contribution in [2.45, 2.75) is 24.2 Å². The Hall–Kier alpha value is -2.75. The van der Waals surface area contributed by atoms with Gasteiger partial charge < -0.3 is 13.9 Å². The number of sulfone groups is 1. The molecule has 0 saturated carbocycles. The average molecular weight is 388 g/mol. The van der Waals surface area contributed by atoms with E-state index in [1.165, 1.54) is 13.2 Å². The van der Waals surface area contributed by atoms with Crippen LogP contribution in [0.2, 0.25) is 0 Å². The number of hydrogen-bond acceptors (Lipinski definition) is 7. The molecule has 0 amide bonds. The Labute approximate surface area is 147 Å². The molecule has 2 rings (SSSR count). The van der Waals surface area contributed by atoms with E-state index in [0.717, 1.165) is 24.3 Å². The highest BCUT2D eigenvalue weighted by atomic mass is 32.2. The molecule has 0 aliphatic rings. The van der Waals surface area contributed by atoms with Gasteiger partial charge in [-0.25, -0.2) is 18.0 Å². The Morgan fingerprint density at radius 1 is 1.15 bits per heavy atom. The van der Waals surface area contributed by atoms with Gasteiger partial charge in [0.15, 0.2) is 0 Å². The van der Waals surface area contributed by atoms with Gasteiger partial charge in [0.25, 0.3) is 0 Å². The molecule has 0 atom stereocenters. The molecule has 1 heterocycles. The van der Waals surface area contributed by atoms with Crippen molar-refractivity contribution < 1.29 is 40.7 Å². The monoisotopic (exact) mass is 388 g/mol. The summed E-state index contributed by atoms with van der Waals surface area (Å²) in [6.07, 6.45) is 0. The second-order valence-electron chi connectivity index (χ2n) is 5.08. The highest BCUT2D eigenvalue weighted by Gasteiger charge is 2.26. The van der Waals surface area contributed by atoms with Gasteiger partial charge in [0.05, 0.1) is 17.6 Å². The number of carbonyl (C=O) groups excluding carboxylic acids is 2. The maximum Gasteiger partial charge on any atom is 0.341 e. The summed E-state index contributed by atoms with van der Waals surface area (Å²) in [6, 6.07) is 5.28. The Balaban J connectivity index is 2.06. The number of carbonyl (C=O) groups is 2. The van der Waals surface area contributed by atoms with Crippen molar-refractivity contribution in [3.63, 3.8) is 0 Å². The van der Waals surface area contributed by atoms with Crippen molar-refractivity contribution in [1.82, 2.24) is 0 Å². The first-order valence-corrected chi connectivity index (χ1v) is 8.68. The number of aryl methyl sites for hydroxylation is 1. The third kappa shape index (κ3) is 4.07. The van der Waals surface area contributed by atoms with Crippen LogP contribution in [0.15, 0.2) is 39.6 Å². The van der Waals surface area contributed by atoms with Crippen LogP contribution in [-0.4, -0.2) is 33.2 Å². The molecule has 1 aromatic carbocycles. The topological polar surface area (TPSA) is 99.9 Å². The molecule has 0 fully saturated rings. The van der Waals surface area contributed by atoms with E-state index >= 15 is 0 Å². The molecule has 0 bridgehead atoms. The smallest absolute Gasteiger partial charge is 0.341 e. The number of halogens is 2. The summed E-state index contributed by atoms with van der Waals surface area (Å²) in [5.41, 5.74) is 0.162. The highest BCUT2D eigenvalue weighted by Crippen LogP contribution is 2.20. The van der Waals surface area contributed by atoms with Crippen molar-refractivity contribution in [3.8, 4) is 0 Å². The molecular formula is C16H14F2O7S. The lowest BCUT2D eigenvalue weighted by Gasteiger charge is -2.05. The van der Waals surface area contributed by atoms with Crippen molar-refractivity contribution in [2.24, 2.45) is 0 Å². The molecule has 140 valence electrons. The molecular weight excluding hydrogens is 374 g/mol. The predicted octanol–water partition coefficient (Wildman–Crippen LogP) is 2.73. The van der Waals surface area contributed by atoms with Gasteiger partial charge in [-0.2, -0.15) is 8.78 Å². The second-order valence-corrected chi connectivity index (χ2v) is 7.00. The van der Waals surface area contributed by atoms with E-state index in [1.54, 1.807) is 6.92 Å². The number of methoxy groups -OCH3 is 1. The van der Waals surface area contributed by atoms with Crippen LogP contribution in [0.4, 0.5) is 8.78 Å². The van der Waals surface area contributed by atoms with Crippen molar-refractivity contribution >= 4 is 21.8 Å². The summed E-state index contributed by atoms with van der Waals surface area (Å²) in [4.78, 5) is 22.8. The Morgan fingerprint density at radius 2 is 1.77 bits per heavy atom. The molecule has 1 aromatic heterocycles. The summed E-state index contributed by atoms with van der Waals surface area (Å²) in [5.74, 6) is -4.47.